The molecule has 0 saturated carbocycles. The lowest BCUT2D eigenvalue weighted by Crippen LogP contribution is -2.44. The number of carbonyl (C=O) groups excluding carboxylic acids is 2. The molecule has 234 valence electrons. The number of nitrogens with zero attached hydrogens (tertiary/aromatic N) is 5. The predicted molar refractivity (Wildman–Crippen MR) is 157 cm³/mol. The van der Waals surface area contributed by atoms with E-state index in [1.54, 1.807) is 0 Å². The van der Waals surface area contributed by atoms with Gasteiger partial charge in [-0.1, -0.05) is 13.3 Å². The molecule has 2 saturated heterocycles. The van der Waals surface area contributed by atoms with Crippen LogP contribution in [0.4, 0.5) is 5.82 Å². The van der Waals surface area contributed by atoms with Gasteiger partial charge in [0.15, 0.2) is 29.3 Å². The molecule has 2 aliphatic heterocycles. The van der Waals surface area contributed by atoms with Gasteiger partial charge >= 0.3 is 0 Å². The summed E-state index contributed by atoms with van der Waals surface area (Å²) in [7, 11) is 0. The Bertz CT molecular complexity index is 1120. The van der Waals surface area contributed by atoms with Crippen molar-refractivity contribution in [2.24, 2.45) is 0 Å². The predicted octanol–water partition coefficient (Wildman–Crippen LogP) is -1.44. The average Bonchev–Trinajstić information content (AvgIpc) is 3.54. The molecule has 0 aromatic carbocycles. The van der Waals surface area contributed by atoms with E-state index in [0.717, 1.165) is 58.5 Å². The van der Waals surface area contributed by atoms with Crippen LogP contribution >= 0.6 is 0 Å². The van der Waals surface area contributed by atoms with E-state index in [1.165, 1.54) is 17.2 Å². The molecule has 15 heteroatoms. The number of unbranched alkanes of at least 4 members (excludes halogenated alkanes) is 2. The average molecular weight is 591 g/mol. The number of hydrogen-bond donors (Lipinski definition) is 7. The maximum Gasteiger partial charge on any atom is 0.252 e. The van der Waals surface area contributed by atoms with Crippen LogP contribution in [-0.4, -0.2) is 130 Å². The van der Waals surface area contributed by atoms with Gasteiger partial charge < -0.3 is 46.4 Å². The molecule has 2 aromatic heterocycles. The first kappa shape index (κ1) is 32.0. The van der Waals surface area contributed by atoms with Crippen molar-refractivity contribution in [2.45, 2.75) is 63.6 Å². The number of nitrogens with one attached hydrogen (secondary N) is 5. The quantitative estimate of drug-likeness (QED) is 0.151. The van der Waals surface area contributed by atoms with E-state index in [0.29, 0.717) is 56.0 Å². The van der Waals surface area contributed by atoms with Crippen LogP contribution in [-0.2, 0) is 14.3 Å². The third-order valence-corrected chi connectivity index (χ3v) is 7.47. The summed E-state index contributed by atoms with van der Waals surface area (Å²) < 4.78 is 7.32. The monoisotopic (exact) mass is 590 g/mol. The fourth-order valence-electron chi connectivity index (χ4n) is 5.08. The third kappa shape index (κ3) is 8.55. The molecule has 2 amide bonds. The largest absolute Gasteiger partial charge is 0.387 e. The molecular formula is C27H46N10O5. The number of anilines is 1. The summed E-state index contributed by atoms with van der Waals surface area (Å²) in [5.74, 6) is 0.208. The van der Waals surface area contributed by atoms with Crippen LogP contribution in [0.25, 0.3) is 11.2 Å². The Morgan fingerprint density at radius 1 is 0.952 bits per heavy atom. The summed E-state index contributed by atoms with van der Waals surface area (Å²) in [6.45, 7) is 9.62. The number of aromatic nitrogens is 4. The van der Waals surface area contributed by atoms with Crippen molar-refractivity contribution in [3.63, 3.8) is 0 Å². The van der Waals surface area contributed by atoms with Crippen molar-refractivity contribution in [1.29, 1.82) is 0 Å². The molecule has 4 atom stereocenters. The zero-order valence-corrected chi connectivity index (χ0v) is 24.4. The summed E-state index contributed by atoms with van der Waals surface area (Å²) in [5, 5.41) is 37.4. The van der Waals surface area contributed by atoms with E-state index in [-0.39, 0.29) is 5.91 Å². The van der Waals surface area contributed by atoms with Gasteiger partial charge in [0.25, 0.3) is 5.91 Å². The second-order valence-corrected chi connectivity index (χ2v) is 10.6. The molecule has 4 heterocycles. The zero-order valence-electron chi connectivity index (χ0n) is 24.4. The molecule has 7 N–H and O–H groups in total. The highest BCUT2D eigenvalue weighted by atomic mass is 16.6. The topological polar surface area (TPSA) is 191 Å². The molecule has 0 unspecified atom stereocenters. The van der Waals surface area contributed by atoms with Crippen LogP contribution in [0.2, 0.25) is 0 Å². The van der Waals surface area contributed by atoms with E-state index in [1.807, 2.05) is 11.8 Å². The highest BCUT2D eigenvalue weighted by molar-refractivity contribution is 5.83. The number of imidazole rings is 1. The second-order valence-electron chi connectivity index (χ2n) is 10.6. The Morgan fingerprint density at radius 3 is 2.38 bits per heavy atom. The Hall–Kier alpha value is -2.95. The van der Waals surface area contributed by atoms with E-state index in [2.05, 4.69) is 41.5 Å². The van der Waals surface area contributed by atoms with Crippen LogP contribution in [0.5, 0.6) is 0 Å². The number of aliphatic hydroxyl groups is 2. The minimum atomic E-state index is -1.41. The molecular weight excluding hydrogens is 544 g/mol. The smallest absolute Gasteiger partial charge is 0.252 e. The van der Waals surface area contributed by atoms with Crippen LogP contribution in [0.1, 0.15) is 45.3 Å². The SMILES string of the molecule is CCCNc1ncnc2c1ncn2[C@@H]1O[C@H](C(=O)NCCCCCC(=O)N2CCNCCNCCNCC2)[C@@H](O)[C@H]1O. The van der Waals surface area contributed by atoms with E-state index in [9.17, 15) is 19.8 Å². The molecule has 0 aliphatic carbocycles. The standard InChI is InChI=1S/C27H46N10O5/c1-2-7-31-24-20-25(34-17-33-24)37(18-35-20)27-22(40)21(39)23(42-27)26(41)32-8-5-3-4-6-19(38)36-15-13-29-11-9-28-10-12-30-14-16-36/h17-18,21-23,27-30,39-40H,2-16H2,1H3,(H,32,41)(H,31,33,34)/t21-,22+,23-,27+/m0/s1. The maximum absolute atomic E-state index is 12.8. The third-order valence-electron chi connectivity index (χ3n) is 7.47. The minimum absolute atomic E-state index is 0.144. The van der Waals surface area contributed by atoms with Crippen molar-refractivity contribution in [2.75, 3.05) is 70.8 Å². The molecule has 4 rings (SSSR count). The first-order valence-corrected chi connectivity index (χ1v) is 15.1. The number of hydrogen-bond acceptors (Lipinski definition) is 12. The number of rotatable bonds is 11. The van der Waals surface area contributed by atoms with Gasteiger partial charge in [-0.3, -0.25) is 14.2 Å². The Kier molecular flexibility index (Phi) is 12.7. The molecule has 42 heavy (non-hydrogen) atoms. The Labute approximate surface area is 246 Å². The second kappa shape index (κ2) is 16.6. The first-order chi connectivity index (χ1) is 20.5. The lowest BCUT2D eigenvalue weighted by atomic mass is 10.1. The summed E-state index contributed by atoms with van der Waals surface area (Å²) in [6.07, 6.45) is 1.37. The van der Waals surface area contributed by atoms with Crippen molar-refractivity contribution in [3.8, 4) is 0 Å². The van der Waals surface area contributed by atoms with Gasteiger partial charge in [0.2, 0.25) is 5.91 Å². The maximum atomic E-state index is 12.8. The van der Waals surface area contributed by atoms with Gasteiger partial charge in [0, 0.05) is 71.9 Å². The number of carbonyl (C=O) groups is 2. The van der Waals surface area contributed by atoms with Crippen LogP contribution in [0.3, 0.4) is 0 Å². The lowest BCUT2D eigenvalue weighted by Gasteiger charge is -2.24. The summed E-state index contributed by atoms with van der Waals surface area (Å²) in [5.41, 5.74) is 0.935. The van der Waals surface area contributed by atoms with Crippen LogP contribution in [0.15, 0.2) is 12.7 Å². The highest BCUT2D eigenvalue weighted by Gasteiger charge is 2.47. The van der Waals surface area contributed by atoms with Crippen molar-refractivity contribution in [1.82, 2.24) is 45.7 Å². The summed E-state index contributed by atoms with van der Waals surface area (Å²) in [4.78, 5) is 40.4. The number of ether oxygens (including phenoxy) is 1. The number of aliphatic hydroxyl groups excluding tert-OH is 2. The van der Waals surface area contributed by atoms with E-state index in [4.69, 9.17) is 4.74 Å². The first-order valence-electron chi connectivity index (χ1n) is 15.1. The van der Waals surface area contributed by atoms with Crippen molar-refractivity contribution in [3.05, 3.63) is 12.7 Å². The molecule has 2 fully saturated rings. The minimum Gasteiger partial charge on any atom is -0.387 e. The van der Waals surface area contributed by atoms with Crippen LogP contribution < -0.4 is 26.6 Å². The van der Waals surface area contributed by atoms with Gasteiger partial charge in [-0.15, -0.1) is 0 Å². The number of fused-ring (bicyclic) bond motifs is 1. The van der Waals surface area contributed by atoms with Crippen molar-refractivity contribution >= 4 is 28.8 Å². The molecule has 15 nitrogen and oxygen atoms in total. The van der Waals surface area contributed by atoms with Gasteiger partial charge in [0.05, 0.1) is 6.33 Å². The lowest BCUT2D eigenvalue weighted by molar-refractivity contribution is -0.137. The zero-order chi connectivity index (χ0) is 29.7. The van der Waals surface area contributed by atoms with Crippen molar-refractivity contribution < 1.29 is 24.5 Å². The Balaban J connectivity index is 1.19. The van der Waals surface area contributed by atoms with Gasteiger partial charge in [-0.2, -0.15) is 0 Å². The molecule has 2 aromatic rings. The fourth-order valence-corrected chi connectivity index (χ4v) is 5.08. The molecule has 0 radical (unpaired) electrons. The normalized spacial score (nSPS) is 24.2. The van der Waals surface area contributed by atoms with Gasteiger partial charge in [-0.05, 0) is 19.3 Å². The Morgan fingerprint density at radius 2 is 1.67 bits per heavy atom. The molecule has 2 aliphatic rings. The molecule has 0 bridgehead atoms. The summed E-state index contributed by atoms with van der Waals surface area (Å²) in [6, 6.07) is 0. The van der Waals surface area contributed by atoms with Gasteiger partial charge in [-0.25, -0.2) is 15.0 Å². The van der Waals surface area contributed by atoms with Crippen LogP contribution in [0, 0.1) is 0 Å². The van der Waals surface area contributed by atoms with Gasteiger partial charge in [0.1, 0.15) is 18.5 Å². The fraction of sp³-hybridized carbons (Fsp3) is 0.741. The van der Waals surface area contributed by atoms with E-state index < -0.39 is 30.4 Å². The van der Waals surface area contributed by atoms with E-state index >= 15 is 0 Å². The number of amides is 2. The summed E-state index contributed by atoms with van der Waals surface area (Å²) >= 11 is 0. The highest BCUT2D eigenvalue weighted by Crippen LogP contribution is 2.32. The molecule has 0 spiro atoms.